The highest BCUT2D eigenvalue weighted by molar-refractivity contribution is 5.25. The number of ether oxygens (including phenoxy) is 1. The second-order valence-corrected chi connectivity index (χ2v) is 10.1. The zero-order chi connectivity index (χ0) is 19.4. The van der Waals surface area contributed by atoms with Crippen molar-refractivity contribution >= 4 is 0 Å². The van der Waals surface area contributed by atoms with Crippen molar-refractivity contribution in [3.63, 3.8) is 0 Å². The monoisotopic (exact) mass is 387 g/mol. The van der Waals surface area contributed by atoms with Crippen molar-refractivity contribution in [3.8, 4) is 0 Å². The predicted molar refractivity (Wildman–Crippen MR) is 115 cm³/mol. The van der Waals surface area contributed by atoms with Crippen LogP contribution in [0.3, 0.4) is 0 Å². The van der Waals surface area contributed by atoms with E-state index in [9.17, 15) is 5.11 Å². The van der Waals surface area contributed by atoms with Crippen LogP contribution in [0.15, 0.2) is 23.3 Å². The Hall–Kier alpha value is -0.640. The summed E-state index contributed by atoms with van der Waals surface area (Å²) in [5, 5.41) is 9.95. The van der Waals surface area contributed by atoms with E-state index in [0.29, 0.717) is 5.41 Å². The first-order valence-electron chi connectivity index (χ1n) is 12.0. The van der Waals surface area contributed by atoms with Crippen molar-refractivity contribution in [1.82, 2.24) is 4.90 Å². The molecule has 4 atom stereocenters. The van der Waals surface area contributed by atoms with Crippen LogP contribution in [0.5, 0.6) is 0 Å². The summed E-state index contributed by atoms with van der Waals surface area (Å²) in [5.41, 5.74) is 3.72. The molecule has 1 aliphatic heterocycles. The Labute approximate surface area is 172 Å². The first-order chi connectivity index (χ1) is 13.6. The van der Waals surface area contributed by atoms with Gasteiger partial charge in [0.1, 0.15) is 0 Å². The molecule has 158 valence electrons. The van der Waals surface area contributed by atoms with Crippen LogP contribution in [0, 0.1) is 17.3 Å². The van der Waals surface area contributed by atoms with E-state index in [2.05, 4.69) is 24.0 Å². The first kappa shape index (κ1) is 20.6. The molecule has 0 radical (unpaired) electrons. The number of rotatable bonds is 5. The van der Waals surface area contributed by atoms with Crippen molar-refractivity contribution < 1.29 is 9.84 Å². The molecule has 1 N–H and O–H groups in total. The van der Waals surface area contributed by atoms with Gasteiger partial charge < -0.3 is 9.84 Å². The summed E-state index contributed by atoms with van der Waals surface area (Å²) < 4.78 is 5.48. The van der Waals surface area contributed by atoms with E-state index >= 15 is 0 Å². The van der Waals surface area contributed by atoms with Gasteiger partial charge in [0.25, 0.3) is 0 Å². The molecular weight excluding hydrogens is 346 g/mol. The van der Waals surface area contributed by atoms with E-state index < -0.39 is 0 Å². The van der Waals surface area contributed by atoms with E-state index in [4.69, 9.17) is 4.74 Å². The molecule has 0 amide bonds. The Morgan fingerprint density at radius 2 is 1.96 bits per heavy atom. The maximum atomic E-state index is 9.95. The Bertz CT molecular complexity index is 577. The largest absolute Gasteiger partial charge is 0.393 e. The van der Waals surface area contributed by atoms with Crippen molar-refractivity contribution in [1.29, 1.82) is 0 Å². The van der Waals surface area contributed by atoms with Crippen molar-refractivity contribution in [3.05, 3.63) is 23.3 Å². The van der Waals surface area contributed by atoms with Crippen molar-refractivity contribution in [2.75, 3.05) is 32.8 Å². The lowest BCUT2D eigenvalue weighted by molar-refractivity contribution is 0.0351. The summed E-state index contributed by atoms with van der Waals surface area (Å²) in [7, 11) is 0. The molecule has 28 heavy (non-hydrogen) atoms. The molecule has 3 aliphatic carbocycles. The fourth-order valence-corrected chi connectivity index (χ4v) is 6.65. The smallest absolute Gasteiger partial charge is 0.0594 e. The van der Waals surface area contributed by atoms with E-state index in [-0.39, 0.29) is 6.10 Å². The number of allylic oxidation sites excluding steroid dienone is 3. The normalized spacial score (nSPS) is 40.1. The molecule has 4 unspecified atom stereocenters. The van der Waals surface area contributed by atoms with Crippen LogP contribution in [0.2, 0.25) is 0 Å². The van der Waals surface area contributed by atoms with Gasteiger partial charge in [0.2, 0.25) is 0 Å². The number of aliphatic hydroxyl groups excluding tert-OH is 1. The fraction of sp³-hybridized carbons (Fsp3) is 0.840. The quantitative estimate of drug-likeness (QED) is 0.712. The van der Waals surface area contributed by atoms with Gasteiger partial charge >= 0.3 is 0 Å². The lowest BCUT2D eigenvalue weighted by atomic mass is 9.62. The standard InChI is InChI=1S/C25H41NO2/c1-25-13-3-6-21(10-9-20-5-2-8-23(27)19-20)24(25)12-11-22(25)7-4-14-26-15-17-28-18-16-26/h9-10,22-24,27H,2-8,11-19H2,1H3/b20-9-,21-10+. The molecule has 0 aromatic heterocycles. The Morgan fingerprint density at radius 1 is 1.11 bits per heavy atom. The Morgan fingerprint density at radius 3 is 2.79 bits per heavy atom. The van der Waals surface area contributed by atoms with E-state index in [1.165, 1.54) is 63.5 Å². The zero-order valence-electron chi connectivity index (χ0n) is 18.0. The Balaban J connectivity index is 1.34. The molecule has 0 aromatic carbocycles. The molecule has 3 saturated carbocycles. The van der Waals surface area contributed by atoms with Gasteiger partial charge in [-0.05, 0) is 94.4 Å². The third-order valence-electron chi connectivity index (χ3n) is 8.36. The molecule has 0 spiro atoms. The van der Waals surface area contributed by atoms with Crippen LogP contribution in [-0.2, 0) is 4.74 Å². The zero-order valence-corrected chi connectivity index (χ0v) is 18.0. The van der Waals surface area contributed by atoms with Crippen LogP contribution >= 0.6 is 0 Å². The SMILES string of the molecule is CC12CCC/C(=C\C=C3\CCCC(O)C3)C1CCC2CCCN1CCOCC1. The predicted octanol–water partition coefficient (Wildman–Crippen LogP) is 5.10. The van der Waals surface area contributed by atoms with Crippen LogP contribution in [0.1, 0.15) is 77.6 Å². The van der Waals surface area contributed by atoms with Gasteiger partial charge in [0, 0.05) is 13.1 Å². The highest BCUT2D eigenvalue weighted by atomic mass is 16.5. The number of hydrogen-bond donors (Lipinski definition) is 1. The van der Waals surface area contributed by atoms with Gasteiger partial charge in [-0.25, -0.2) is 0 Å². The molecule has 0 aromatic rings. The Kier molecular flexibility index (Phi) is 6.96. The molecule has 3 nitrogen and oxygen atoms in total. The fourth-order valence-electron chi connectivity index (χ4n) is 6.65. The first-order valence-corrected chi connectivity index (χ1v) is 12.0. The minimum atomic E-state index is -0.0997. The summed E-state index contributed by atoms with van der Waals surface area (Å²) in [5.74, 6) is 1.71. The number of fused-ring (bicyclic) bond motifs is 1. The molecule has 1 saturated heterocycles. The minimum Gasteiger partial charge on any atom is -0.393 e. The number of aliphatic hydroxyl groups is 1. The highest BCUT2D eigenvalue weighted by Crippen LogP contribution is 2.58. The summed E-state index contributed by atoms with van der Waals surface area (Å²) >= 11 is 0. The second-order valence-electron chi connectivity index (χ2n) is 10.1. The average Bonchev–Trinajstić information content (AvgIpc) is 3.04. The van der Waals surface area contributed by atoms with E-state index in [1.54, 1.807) is 5.57 Å². The maximum Gasteiger partial charge on any atom is 0.0594 e. The van der Waals surface area contributed by atoms with Crippen molar-refractivity contribution in [2.24, 2.45) is 17.3 Å². The third-order valence-corrected chi connectivity index (χ3v) is 8.36. The van der Waals surface area contributed by atoms with Gasteiger partial charge in [-0.1, -0.05) is 30.2 Å². The maximum absolute atomic E-state index is 9.95. The third kappa shape index (κ3) is 4.74. The number of hydrogen-bond acceptors (Lipinski definition) is 3. The topological polar surface area (TPSA) is 32.7 Å². The van der Waals surface area contributed by atoms with Gasteiger partial charge in [0.05, 0.1) is 19.3 Å². The molecule has 3 heteroatoms. The van der Waals surface area contributed by atoms with Crippen LogP contribution in [0.4, 0.5) is 0 Å². The van der Waals surface area contributed by atoms with Gasteiger partial charge in [-0.15, -0.1) is 0 Å². The van der Waals surface area contributed by atoms with Crippen molar-refractivity contribution in [2.45, 2.75) is 83.7 Å². The summed E-state index contributed by atoms with van der Waals surface area (Å²) in [4.78, 5) is 2.59. The highest BCUT2D eigenvalue weighted by Gasteiger charge is 2.48. The minimum absolute atomic E-state index is 0.0997. The summed E-state index contributed by atoms with van der Waals surface area (Å²) in [6.07, 6.45) is 18.7. The lowest BCUT2D eigenvalue weighted by Crippen LogP contribution is -2.37. The van der Waals surface area contributed by atoms with Crippen LogP contribution in [-0.4, -0.2) is 49.0 Å². The van der Waals surface area contributed by atoms with Gasteiger partial charge in [-0.2, -0.15) is 0 Å². The average molecular weight is 388 g/mol. The van der Waals surface area contributed by atoms with Gasteiger partial charge in [-0.3, -0.25) is 4.90 Å². The van der Waals surface area contributed by atoms with Crippen LogP contribution in [0.25, 0.3) is 0 Å². The molecule has 0 bridgehead atoms. The molecule has 4 fully saturated rings. The molecular formula is C25H41NO2. The molecule has 4 aliphatic rings. The number of nitrogens with zero attached hydrogens (tertiary/aromatic N) is 1. The molecule has 4 rings (SSSR count). The van der Waals surface area contributed by atoms with E-state index in [1.807, 2.05) is 0 Å². The lowest BCUT2D eigenvalue weighted by Gasteiger charge is -2.42. The second kappa shape index (κ2) is 9.45. The molecule has 1 heterocycles. The van der Waals surface area contributed by atoms with Crippen LogP contribution < -0.4 is 0 Å². The number of morpholine rings is 1. The van der Waals surface area contributed by atoms with Gasteiger partial charge in [0.15, 0.2) is 0 Å². The summed E-state index contributed by atoms with van der Waals surface area (Å²) in [6.45, 7) is 7.96. The summed E-state index contributed by atoms with van der Waals surface area (Å²) in [6, 6.07) is 0. The van der Waals surface area contributed by atoms with E-state index in [0.717, 1.165) is 57.4 Å².